The molecule has 10 nitrogen and oxygen atoms in total. The number of rotatable bonds is 10. The molecule has 0 atom stereocenters. The molecule has 0 spiro atoms. The fraction of sp³-hybridized carbons (Fsp3) is 0.333. The number of nitrogens with zero attached hydrogens (tertiary/aromatic N) is 1. The van der Waals surface area contributed by atoms with Gasteiger partial charge in [-0.25, -0.2) is 18.2 Å². The molecule has 0 unspecified atom stereocenters. The van der Waals surface area contributed by atoms with Gasteiger partial charge in [0.15, 0.2) is 9.84 Å². The van der Waals surface area contributed by atoms with Gasteiger partial charge in [-0.3, -0.25) is 0 Å². The van der Waals surface area contributed by atoms with Crippen molar-refractivity contribution in [1.82, 2.24) is 9.97 Å². The fourth-order valence-corrected chi connectivity index (χ4v) is 3.55. The number of fused-ring (bicyclic) bond motifs is 1. The molecular weight excluding hydrogens is 440 g/mol. The van der Waals surface area contributed by atoms with Gasteiger partial charge in [0.05, 0.1) is 30.7 Å². The third-order valence-corrected chi connectivity index (χ3v) is 5.53. The summed E-state index contributed by atoms with van der Waals surface area (Å²) in [5.41, 5.74) is 0.811. The molecule has 172 valence electrons. The molecule has 0 amide bonds. The SMILES string of the molecule is COCC(COC)Oc1cc(Oc2ccc(S(C)(=O)=O)cn2)cc2cc(C(=O)OC)[nH]c12. The molecule has 0 saturated heterocycles. The number of hydrogen-bond acceptors (Lipinski definition) is 9. The lowest BCUT2D eigenvalue weighted by molar-refractivity contribution is 0.0251. The number of hydrogen-bond donors (Lipinski definition) is 1. The van der Waals surface area contributed by atoms with Crippen molar-refractivity contribution < 1.29 is 36.9 Å². The van der Waals surface area contributed by atoms with E-state index in [0.29, 0.717) is 22.4 Å². The van der Waals surface area contributed by atoms with Crippen LogP contribution in [0.3, 0.4) is 0 Å². The Balaban J connectivity index is 1.99. The smallest absolute Gasteiger partial charge is 0.354 e. The van der Waals surface area contributed by atoms with Crippen molar-refractivity contribution in [3.63, 3.8) is 0 Å². The lowest BCUT2D eigenvalue weighted by Gasteiger charge is -2.19. The first-order valence-electron chi connectivity index (χ1n) is 9.48. The zero-order valence-corrected chi connectivity index (χ0v) is 18.9. The largest absolute Gasteiger partial charge is 0.483 e. The molecule has 0 aliphatic heterocycles. The molecule has 1 N–H and O–H groups in total. The Labute approximate surface area is 185 Å². The minimum absolute atomic E-state index is 0.0830. The summed E-state index contributed by atoms with van der Waals surface area (Å²) in [6.45, 7) is 0.555. The summed E-state index contributed by atoms with van der Waals surface area (Å²) in [5.74, 6) is 0.436. The molecule has 32 heavy (non-hydrogen) atoms. The maximum Gasteiger partial charge on any atom is 0.354 e. The van der Waals surface area contributed by atoms with Gasteiger partial charge in [0, 0.05) is 44.2 Å². The molecule has 11 heteroatoms. The number of benzene rings is 1. The van der Waals surface area contributed by atoms with Crippen LogP contribution < -0.4 is 9.47 Å². The number of methoxy groups -OCH3 is 3. The third-order valence-electron chi connectivity index (χ3n) is 4.43. The second-order valence-electron chi connectivity index (χ2n) is 6.92. The topological polar surface area (TPSA) is 126 Å². The monoisotopic (exact) mass is 464 g/mol. The highest BCUT2D eigenvalue weighted by molar-refractivity contribution is 7.90. The predicted octanol–water partition coefficient (Wildman–Crippen LogP) is 2.59. The molecule has 3 aromatic rings. The molecule has 0 bridgehead atoms. The Hall–Kier alpha value is -3.15. The van der Waals surface area contributed by atoms with Crippen LogP contribution in [0.5, 0.6) is 17.4 Å². The van der Waals surface area contributed by atoms with E-state index in [1.807, 2.05) is 0 Å². The van der Waals surface area contributed by atoms with E-state index in [4.69, 9.17) is 23.7 Å². The van der Waals surface area contributed by atoms with Gasteiger partial charge in [-0.2, -0.15) is 0 Å². The number of aromatic amines is 1. The van der Waals surface area contributed by atoms with Crippen molar-refractivity contribution in [3.05, 3.63) is 42.2 Å². The molecular formula is C21H24N2O8S. The van der Waals surface area contributed by atoms with E-state index in [9.17, 15) is 13.2 Å². The van der Waals surface area contributed by atoms with Crippen molar-refractivity contribution in [1.29, 1.82) is 0 Å². The van der Waals surface area contributed by atoms with E-state index in [0.717, 1.165) is 6.26 Å². The van der Waals surface area contributed by atoms with Crippen molar-refractivity contribution in [2.24, 2.45) is 0 Å². The van der Waals surface area contributed by atoms with Crippen LogP contribution in [0.4, 0.5) is 0 Å². The number of esters is 1. The molecule has 0 radical (unpaired) electrons. The Kier molecular flexibility index (Phi) is 7.33. The first kappa shape index (κ1) is 23.5. The zero-order chi connectivity index (χ0) is 23.3. The number of carbonyl (C=O) groups excluding carboxylic acids is 1. The van der Waals surface area contributed by atoms with E-state index in [1.54, 1.807) is 32.4 Å². The highest BCUT2D eigenvalue weighted by Gasteiger charge is 2.18. The molecule has 2 heterocycles. The summed E-state index contributed by atoms with van der Waals surface area (Å²) in [6, 6.07) is 7.80. The van der Waals surface area contributed by atoms with Gasteiger partial charge in [0.25, 0.3) is 0 Å². The minimum atomic E-state index is -3.37. The summed E-state index contributed by atoms with van der Waals surface area (Å²) < 4.78 is 50.3. The van der Waals surface area contributed by atoms with Gasteiger partial charge in [0.2, 0.25) is 5.88 Å². The Morgan fingerprint density at radius 3 is 2.38 bits per heavy atom. The Morgan fingerprint density at radius 1 is 1.09 bits per heavy atom. The second kappa shape index (κ2) is 9.98. The number of nitrogens with one attached hydrogen (secondary N) is 1. The standard InChI is InChI=1S/C21H24N2O8S/c1-27-11-15(12-28-2)30-18-9-14(7-13-8-17(21(24)29-3)23-20(13)18)31-19-6-5-16(10-22-19)32(4,25)26/h5-10,15,23H,11-12H2,1-4H3. The van der Waals surface area contributed by atoms with E-state index < -0.39 is 21.9 Å². The maximum atomic E-state index is 12.0. The molecule has 0 fully saturated rings. The van der Waals surface area contributed by atoms with E-state index in [-0.39, 0.29) is 29.7 Å². The summed E-state index contributed by atoms with van der Waals surface area (Å²) >= 11 is 0. The van der Waals surface area contributed by atoms with Crippen LogP contribution in [0, 0.1) is 0 Å². The van der Waals surface area contributed by atoms with Gasteiger partial charge < -0.3 is 28.7 Å². The van der Waals surface area contributed by atoms with Gasteiger partial charge in [-0.15, -0.1) is 0 Å². The quantitative estimate of drug-likeness (QED) is 0.451. The van der Waals surface area contributed by atoms with Crippen LogP contribution in [0.2, 0.25) is 0 Å². The lowest BCUT2D eigenvalue weighted by Crippen LogP contribution is -2.27. The normalized spacial score (nSPS) is 11.7. The van der Waals surface area contributed by atoms with Crippen molar-refractivity contribution in [2.45, 2.75) is 11.0 Å². The van der Waals surface area contributed by atoms with Crippen molar-refractivity contribution in [2.75, 3.05) is 40.8 Å². The molecule has 0 aliphatic rings. The first-order chi connectivity index (χ1) is 15.2. The van der Waals surface area contributed by atoms with Crippen LogP contribution >= 0.6 is 0 Å². The van der Waals surface area contributed by atoms with Crippen molar-refractivity contribution in [3.8, 4) is 17.4 Å². The molecule has 0 saturated carbocycles. The maximum absolute atomic E-state index is 12.0. The average molecular weight is 464 g/mol. The van der Waals surface area contributed by atoms with Crippen LogP contribution in [-0.2, 0) is 24.0 Å². The van der Waals surface area contributed by atoms with E-state index in [2.05, 4.69) is 9.97 Å². The van der Waals surface area contributed by atoms with Gasteiger partial charge in [-0.1, -0.05) is 0 Å². The highest BCUT2D eigenvalue weighted by Crippen LogP contribution is 2.34. The first-order valence-corrected chi connectivity index (χ1v) is 11.4. The van der Waals surface area contributed by atoms with E-state index in [1.165, 1.54) is 25.4 Å². The second-order valence-corrected chi connectivity index (χ2v) is 8.93. The number of ether oxygens (including phenoxy) is 5. The lowest BCUT2D eigenvalue weighted by atomic mass is 10.2. The number of aromatic nitrogens is 2. The molecule has 0 aliphatic carbocycles. The Bertz CT molecular complexity index is 1180. The van der Waals surface area contributed by atoms with Crippen LogP contribution in [-0.4, -0.2) is 71.3 Å². The van der Waals surface area contributed by atoms with Crippen molar-refractivity contribution >= 4 is 26.7 Å². The highest BCUT2D eigenvalue weighted by atomic mass is 32.2. The van der Waals surface area contributed by atoms with Crippen LogP contribution in [0.15, 0.2) is 41.4 Å². The fourth-order valence-electron chi connectivity index (χ4n) is 2.99. The molecule has 1 aromatic carbocycles. The molecule has 3 rings (SSSR count). The van der Waals surface area contributed by atoms with E-state index >= 15 is 0 Å². The summed E-state index contributed by atoms with van der Waals surface area (Å²) in [5, 5.41) is 0.638. The predicted molar refractivity (Wildman–Crippen MR) is 115 cm³/mol. The third kappa shape index (κ3) is 5.55. The number of pyridine rings is 1. The average Bonchev–Trinajstić information content (AvgIpc) is 3.18. The van der Waals surface area contributed by atoms with Crippen LogP contribution in [0.1, 0.15) is 10.5 Å². The number of carbonyl (C=O) groups is 1. The van der Waals surface area contributed by atoms with Gasteiger partial charge >= 0.3 is 5.97 Å². The Morgan fingerprint density at radius 2 is 1.81 bits per heavy atom. The zero-order valence-electron chi connectivity index (χ0n) is 18.1. The minimum Gasteiger partial charge on any atom is -0.483 e. The summed E-state index contributed by atoms with van der Waals surface area (Å²) in [7, 11) is 1.03. The summed E-state index contributed by atoms with van der Waals surface area (Å²) in [6.07, 6.45) is 1.91. The number of H-pyrrole nitrogens is 1. The molecule has 2 aromatic heterocycles. The number of sulfone groups is 1. The van der Waals surface area contributed by atoms with Gasteiger partial charge in [-0.05, 0) is 18.2 Å². The summed E-state index contributed by atoms with van der Waals surface area (Å²) in [4.78, 5) is 19.1. The van der Waals surface area contributed by atoms with Crippen LogP contribution in [0.25, 0.3) is 10.9 Å². The van der Waals surface area contributed by atoms with Gasteiger partial charge in [0.1, 0.15) is 23.3 Å².